The van der Waals surface area contributed by atoms with Gasteiger partial charge in [0.25, 0.3) is 5.91 Å². The lowest BCUT2D eigenvalue weighted by atomic mass is 10.1. The zero-order chi connectivity index (χ0) is 20.9. The van der Waals surface area contributed by atoms with Gasteiger partial charge in [-0.3, -0.25) is 4.79 Å². The molecule has 0 atom stereocenters. The van der Waals surface area contributed by atoms with Crippen LogP contribution in [0.3, 0.4) is 0 Å². The smallest absolute Gasteiger partial charge is 0.254 e. The molecule has 4 nitrogen and oxygen atoms in total. The summed E-state index contributed by atoms with van der Waals surface area (Å²) in [5.41, 5.74) is 2.38. The first-order chi connectivity index (χ1) is 14.6. The molecule has 154 valence electrons. The summed E-state index contributed by atoms with van der Waals surface area (Å²) in [5, 5.41) is 0. The third-order valence-electron chi connectivity index (χ3n) is 5.16. The van der Waals surface area contributed by atoms with Crippen LogP contribution < -0.4 is 9.64 Å². The second-order valence-corrected chi connectivity index (χ2v) is 7.20. The molecule has 0 aliphatic carbocycles. The predicted molar refractivity (Wildman–Crippen MR) is 112 cm³/mol. The zero-order valence-electron chi connectivity index (χ0n) is 16.4. The Bertz CT molecular complexity index is 998. The quantitative estimate of drug-likeness (QED) is 0.623. The van der Waals surface area contributed by atoms with Gasteiger partial charge >= 0.3 is 0 Å². The molecule has 0 aromatic heterocycles. The number of hydrogen-bond donors (Lipinski definition) is 0. The van der Waals surface area contributed by atoms with E-state index in [4.69, 9.17) is 4.74 Å². The lowest BCUT2D eigenvalue weighted by Crippen LogP contribution is -2.48. The zero-order valence-corrected chi connectivity index (χ0v) is 16.4. The number of ether oxygens (including phenoxy) is 1. The predicted octanol–water partition coefficient (Wildman–Crippen LogP) is 4.51. The first-order valence-electron chi connectivity index (χ1n) is 9.85. The summed E-state index contributed by atoms with van der Waals surface area (Å²) in [6, 6.07) is 19.6. The van der Waals surface area contributed by atoms with Crippen molar-refractivity contribution in [1.29, 1.82) is 0 Å². The number of rotatable bonds is 5. The molecule has 30 heavy (non-hydrogen) atoms. The highest BCUT2D eigenvalue weighted by atomic mass is 19.1. The molecule has 0 radical (unpaired) electrons. The number of hydrogen-bond acceptors (Lipinski definition) is 3. The van der Waals surface area contributed by atoms with Gasteiger partial charge in [0.05, 0.1) is 0 Å². The van der Waals surface area contributed by atoms with Gasteiger partial charge in [-0.15, -0.1) is 0 Å². The fourth-order valence-electron chi connectivity index (χ4n) is 3.47. The molecule has 1 fully saturated rings. The molecule has 0 bridgehead atoms. The van der Waals surface area contributed by atoms with Crippen LogP contribution in [-0.4, -0.2) is 37.0 Å². The molecule has 0 spiro atoms. The number of nitrogens with zero attached hydrogens (tertiary/aromatic N) is 2. The van der Waals surface area contributed by atoms with E-state index in [0.29, 0.717) is 44.1 Å². The lowest BCUT2D eigenvalue weighted by molar-refractivity contribution is 0.0746. The van der Waals surface area contributed by atoms with Crippen molar-refractivity contribution in [3.63, 3.8) is 0 Å². The lowest BCUT2D eigenvalue weighted by Gasteiger charge is -2.36. The van der Waals surface area contributed by atoms with Crippen molar-refractivity contribution in [1.82, 2.24) is 4.90 Å². The van der Waals surface area contributed by atoms with Gasteiger partial charge < -0.3 is 14.5 Å². The SMILES string of the molecule is O=C(c1cccc(OCc2ccc(F)cc2)c1)N1CCN(c2ccc(F)cc2)CC1. The van der Waals surface area contributed by atoms with Crippen molar-refractivity contribution in [2.75, 3.05) is 31.1 Å². The summed E-state index contributed by atoms with van der Waals surface area (Å²) >= 11 is 0. The summed E-state index contributed by atoms with van der Waals surface area (Å²) < 4.78 is 31.9. The van der Waals surface area contributed by atoms with E-state index in [0.717, 1.165) is 11.3 Å². The van der Waals surface area contributed by atoms with Crippen LogP contribution in [0.1, 0.15) is 15.9 Å². The molecule has 1 aliphatic heterocycles. The van der Waals surface area contributed by atoms with E-state index in [1.807, 2.05) is 4.90 Å². The Labute approximate surface area is 174 Å². The minimum Gasteiger partial charge on any atom is -0.489 e. The van der Waals surface area contributed by atoms with Gasteiger partial charge in [0.2, 0.25) is 0 Å². The molecular weight excluding hydrogens is 386 g/mol. The number of carbonyl (C=O) groups excluding carboxylic acids is 1. The fourth-order valence-corrected chi connectivity index (χ4v) is 3.47. The third kappa shape index (κ3) is 4.76. The normalized spacial score (nSPS) is 13.9. The molecule has 6 heteroatoms. The van der Waals surface area contributed by atoms with Gasteiger partial charge in [0, 0.05) is 37.4 Å². The molecule has 1 saturated heterocycles. The Morgan fingerprint density at radius 2 is 1.47 bits per heavy atom. The fraction of sp³-hybridized carbons (Fsp3) is 0.208. The minimum absolute atomic E-state index is 0.0408. The van der Waals surface area contributed by atoms with Crippen LogP contribution in [0.5, 0.6) is 5.75 Å². The standard InChI is InChI=1S/C24H22F2N2O2/c25-20-6-4-18(5-7-20)17-30-23-3-1-2-19(16-23)24(29)28-14-12-27(13-15-28)22-10-8-21(26)9-11-22/h1-11,16H,12-15,17H2. The summed E-state index contributed by atoms with van der Waals surface area (Å²) in [4.78, 5) is 16.9. The molecule has 3 aromatic carbocycles. The Balaban J connectivity index is 1.35. The monoisotopic (exact) mass is 408 g/mol. The maximum Gasteiger partial charge on any atom is 0.254 e. The topological polar surface area (TPSA) is 32.8 Å². The molecule has 4 rings (SSSR count). The molecule has 1 aliphatic rings. The highest BCUT2D eigenvalue weighted by Crippen LogP contribution is 2.20. The van der Waals surface area contributed by atoms with E-state index in [9.17, 15) is 13.6 Å². The van der Waals surface area contributed by atoms with Crippen molar-refractivity contribution in [2.45, 2.75) is 6.61 Å². The van der Waals surface area contributed by atoms with Crippen molar-refractivity contribution in [3.05, 3.63) is 95.6 Å². The number of halogens is 2. The van der Waals surface area contributed by atoms with Crippen LogP contribution in [0, 0.1) is 11.6 Å². The number of anilines is 1. The molecular formula is C24H22F2N2O2. The number of carbonyl (C=O) groups is 1. The van der Waals surface area contributed by atoms with E-state index in [-0.39, 0.29) is 17.5 Å². The van der Waals surface area contributed by atoms with Crippen molar-refractivity contribution >= 4 is 11.6 Å². The highest BCUT2D eigenvalue weighted by Gasteiger charge is 2.22. The van der Waals surface area contributed by atoms with Crippen LogP contribution in [0.2, 0.25) is 0 Å². The van der Waals surface area contributed by atoms with Gasteiger partial charge in [-0.25, -0.2) is 8.78 Å². The van der Waals surface area contributed by atoms with Crippen LogP contribution >= 0.6 is 0 Å². The number of piperazine rings is 1. The van der Waals surface area contributed by atoms with Crippen LogP contribution in [-0.2, 0) is 6.61 Å². The van der Waals surface area contributed by atoms with E-state index in [2.05, 4.69) is 4.90 Å². The molecule has 1 amide bonds. The Hall–Kier alpha value is -3.41. The van der Waals surface area contributed by atoms with E-state index < -0.39 is 0 Å². The first-order valence-corrected chi connectivity index (χ1v) is 9.85. The molecule has 0 unspecified atom stereocenters. The first kappa shape index (κ1) is 19.9. The van der Waals surface area contributed by atoms with E-state index in [1.54, 1.807) is 48.5 Å². The Kier molecular flexibility index (Phi) is 5.93. The second kappa shape index (κ2) is 8.95. The largest absolute Gasteiger partial charge is 0.489 e. The molecule has 0 N–H and O–H groups in total. The Morgan fingerprint density at radius 1 is 0.833 bits per heavy atom. The molecule has 3 aromatic rings. The van der Waals surface area contributed by atoms with Crippen molar-refractivity contribution in [2.24, 2.45) is 0 Å². The van der Waals surface area contributed by atoms with E-state index in [1.165, 1.54) is 24.3 Å². The van der Waals surface area contributed by atoms with Crippen LogP contribution in [0.25, 0.3) is 0 Å². The summed E-state index contributed by atoms with van der Waals surface area (Å²) in [7, 11) is 0. The second-order valence-electron chi connectivity index (χ2n) is 7.20. The highest BCUT2D eigenvalue weighted by molar-refractivity contribution is 5.94. The Morgan fingerprint density at radius 3 is 2.13 bits per heavy atom. The van der Waals surface area contributed by atoms with E-state index >= 15 is 0 Å². The maximum absolute atomic E-state index is 13.1. The van der Waals surface area contributed by atoms with Crippen LogP contribution in [0.15, 0.2) is 72.8 Å². The van der Waals surface area contributed by atoms with Crippen molar-refractivity contribution < 1.29 is 18.3 Å². The average Bonchev–Trinajstić information content (AvgIpc) is 2.79. The summed E-state index contributed by atoms with van der Waals surface area (Å²) in [6.07, 6.45) is 0. The van der Waals surface area contributed by atoms with Gasteiger partial charge in [0.1, 0.15) is 24.0 Å². The number of amides is 1. The summed E-state index contributed by atoms with van der Waals surface area (Å²) in [6.45, 7) is 2.87. The van der Waals surface area contributed by atoms with Gasteiger partial charge in [0.15, 0.2) is 0 Å². The maximum atomic E-state index is 13.1. The summed E-state index contributed by atoms with van der Waals surface area (Å²) in [5.74, 6) is 0.0103. The van der Waals surface area contributed by atoms with Gasteiger partial charge in [-0.2, -0.15) is 0 Å². The number of benzene rings is 3. The molecule has 0 saturated carbocycles. The molecule has 1 heterocycles. The minimum atomic E-state index is -0.286. The van der Waals surface area contributed by atoms with Crippen molar-refractivity contribution in [3.8, 4) is 5.75 Å². The third-order valence-corrected chi connectivity index (χ3v) is 5.16. The van der Waals surface area contributed by atoms with Gasteiger partial charge in [-0.1, -0.05) is 18.2 Å². The van der Waals surface area contributed by atoms with Gasteiger partial charge in [-0.05, 0) is 60.2 Å². The van der Waals surface area contributed by atoms with Crippen LogP contribution in [0.4, 0.5) is 14.5 Å². The average molecular weight is 408 g/mol.